The van der Waals surface area contributed by atoms with Crippen molar-refractivity contribution in [3.05, 3.63) is 59.7 Å². The molecule has 23 heavy (non-hydrogen) atoms. The fourth-order valence-electron chi connectivity index (χ4n) is 3.26. The number of pyridine rings is 2. The smallest absolute Gasteiger partial charge is 0.227 e. The first-order chi connectivity index (χ1) is 11.2. The zero-order valence-corrected chi connectivity index (χ0v) is 13.6. The van der Waals surface area contributed by atoms with Gasteiger partial charge in [0.2, 0.25) is 5.91 Å². The van der Waals surface area contributed by atoms with Gasteiger partial charge in [0.15, 0.2) is 0 Å². The molecule has 4 heteroatoms. The summed E-state index contributed by atoms with van der Waals surface area (Å²) in [6, 6.07) is 10.0. The lowest BCUT2D eigenvalue weighted by Crippen LogP contribution is -2.41. The summed E-state index contributed by atoms with van der Waals surface area (Å²) in [5, 5.41) is 0. The van der Waals surface area contributed by atoms with E-state index in [0.717, 1.165) is 42.9 Å². The minimum atomic E-state index is 0.208. The predicted octanol–water partition coefficient (Wildman–Crippen LogP) is 2.81. The van der Waals surface area contributed by atoms with Crippen LogP contribution in [0.3, 0.4) is 0 Å². The average molecular weight is 309 g/mol. The van der Waals surface area contributed by atoms with E-state index in [0.29, 0.717) is 12.3 Å². The minimum Gasteiger partial charge on any atom is -0.342 e. The third-order valence-corrected chi connectivity index (χ3v) is 4.39. The van der Waals surface area contributed by atoms with Gasteiger partial charge in [0.1, 0.15) is 0 Å². The third-order valence-electron chi connectivity index (χ3n) is 4.39. The lowest BCUT2D eigenvalue weighted by Gasteiger charge is -2.33. The molecule has 1 aliphatic rings. The molecule has 0 aromatic carbocycles. The van der Waals surface area contributed by atoms with Crippen molar-refractivity contribution in [1.82, 2.24) is 14.9 Å². The maximum absolute atomic E-state index is 12.5. The molecule has 0 saturated carbocycles. The van der Waals surface area contributed by atoms with Crippen molar-refractivity contribution >= 4 is 5.91 Å². The third kappa shape index (κ3) is 4.38. The van der Waals surface area contributed by atoms with Gasteiger partial charge < -0.3 is 4.90 Å². The number of carbonyl (C=O) groups excluding carboxylic acids is 1. The van der Waals surface area contributed by atoms with E-state index in [1.807, 2.05) is 30.0 Å². The molecule has 1 amide bonds. The van der Waals surface area contributed by atoms with E-state index in [4.69, 9.17) is 0 Å². The second kappa shape index (κ2) is 7.36. The van der Waals surface area contributed by atoms with Crippen LogP contribution in [0.1, 0.15) is 29.8 Å². The first-order valence-electron chi connectivity index (χ1n) is 8.30. The molecule has 1 aliphatic heterocycles. The van der Waals surface area contributed by atoms with Crippen LogP contribution in [0.4, 0.5) is 0 Å². The number of rotatable bonds is 4. The Morgan fingerprint density at radius 2 is 2.22 bits per heavy atom. The summed E-state index contributed by atoms with van der Waals surface area (Å²) in [4.78, 5) is 23.2. The highest BCUT2D eigenvalue weighted by Gasteiger charge is 2.24. The lowest BCUT2D eigenvalue weighted by atomic mass is 9.92. The van der Waals surface area contributed by atoms with Gasteiger partial charge in [-0.15, -0.1) is 0 Å². The molecule has 4 nitrogen and oxygen atoms in total. The Bertz CT molecular complexity index is 657. The van der Waals surface area contributed by atoms with Gasteiger partial charge in [0.05, 0.1) is 6.42 Å². The van der Waals surface area contributed by atoms with Crippen molar-refractivity contribution in [2.45, 2.75) is 32.6 Å². The van der Waals surface area contributed by atoms with E-state index >= 15 is 0 Å². The number of nitrogens with zero attached hydrogens (tertiary/aromatic N) is 3. The van der Waals surface area contributed by atoms with E-state index in [1.54, 1.807) is 12.4 Å². The van der Waals surface area contributed by atoms with Crippen molar-refractivity contribution in [3.63, 3.8) is 0 Å². The van der Waals surface area contributed by atoms with Gasteiger partial charge in [-0.3, -0.25) is 14.8 Å². The van der Waals surface area contributed by atoms with Gasteiger partial charge in [-0.05, 0) is 55.9 Å². The molecule has 0 spiro atoms. The summed E-state index contributed by atoms with van der Waals surface area (Å²) < 4.78 is 0. The molecule has 2 aromatic rings. The Balaban J connectivity index is 1.58. The number of aromatic nitrogens is 2. The van der Waals surface area contributed by atoms with Crippen molar-refractivity contribution in [3.8, 4) is 0 Å². The molecule has 1 fully saturated rings. The number of carbonyl (C=O) groups is 1. The van der Waals surface area contributed by atoms with Crippen LogP contribution in [0.25, 0.3) is 0 Å². The molecule has 0 aliphatic carbocycles. The standard InChI is InChI=1S/C19H23N3O/c1-15-5-2-8-18(21-15)11-17-7-4-10-22(14-17)19(23)12-16-6-3-9-20-13-16/h2-3,5-6,8-9,13,17H,4,7,10-12,14H2,1H3/t17-/m1/s1. The normalized spacial score (nSPS) is 18.0. The van der Waals surface area contributed by atoms with Crippen LogP contribution < -0.4 is 0 Å². The number of piperidine rings is 1. The highest BCUT2D eigenvalue weighted by molar-refractivity contribution is 5.78. The van der Waals surface area contributed by atoms with Crippen LogP contribution in [0.5, 0.6) is 0 Å². The van der Waals surface area contributed by atoms with Crippen molar-refractivity contribution < 1.29 is 4.79 Å². The average Bonchev–Trinajstić information content (AvgIpc) is 2.56. The fraction of sp³-hybridized carbons (Fsp3) is 0.421. The maximum atomic E-state index is 12.5. The molecule has 0 radical (unpaired) electrons. The van der Waals surface area contributed by atoms with Crippen LogP contribution in [-0.4, -0.2) is 33.9 Å². The van der Waals surface area contributed by atoms with E-state index in [2.05, 4.69) is 22.1 Å². The zero-order chi connectivity index (χ0) is 16.1. The van der Waals surface area contributed by atoms with Crippen LogP contribution >= 0.6 is 0 Å². The first kappa shape index (κ1) is 15.7. The van der Waals surface area contributed by atoms with E-state index < -0.39 is 0 Å². The Hall–Kier alpha value is -2.23. The van der Waals surface area contributed by atoms with Crippen molar-refractivity contribution in [2.75, 3.05) is 13.1 Å². The first-order valence-corrected chi connectivity index (χ1v) is 8.30. The van der Waals surface area contributed by atoms with Crippen molar-refractivity contribution in [1.29, 1.82) is 0 Å². The summed E-state index contributed by atoms with van der Waals surface area (Å²) in [6.07, 6.45) is 7.17. The molecule has 3 heterocycles. The summed E-state index contributed by atoms with van der Waals surface area (Å²) in [5.74, 6) is 0.718. The van der Waals surface area contributed by atoms with Crippen LogP contribution in [-0.2, 0) is 17.6 Å². The minimum absolute atomic E-state index is 0.208. The predicted molar refractivity (Wildman–Crippen MR) is 89.9 cm³/mol. The van der Waals surface area contributed by atoms with Gasteiger partial charge in [-0.25, -0.2) is 0 Å². The number of likely N-dealkylation sites (tertiary alicyclic amines) is 1. The number of hydrogen-bond acceptors (Lipinski definition) is 3. The molecular formula is C19H23N3O. The van der Waals surface area contributed by atoms with E-state index in [1.165, 1.54) is 6.42 Å². The molecule has 1 atom stereocenters. The SMILES string of the molecule is Cc1cccc(C[C@H]2CCCN(C(=O)Cc3cccnc3)C2)n1. The Labute approximate surface area is 137 Å². The van der Waals surface area contributed by atoms with Crippen molar-refractivity contribution in [2.24, 2.45) is 5.92 Å². The topological polar surface area (TPSA) is 46.1 Å². The largest absolute Gasteiger partial charge is 0.342 e. The van der Waals surface area contributed by atoms with Gasteiger partial charge in [0.25, 0.3) is 0 Å². The van der Waals surface area contributed by atoms with Crippen LogP contribution in [0.15, 0.2) is 42.7 Å². The quantitative estimate of drug-likeness (QED) is 0.872. The highest BCUT2D eigenvalue weighted by atomic mass is 16.2. The molecule has 0 unspecified atom stereocenters. The maximum Gasteiger partial charge on any atom is 0.227 e. The van der Waals surface area contributed by atoms with E-state index in [9.17, 15) is 4.79 Å². The fourth-order valence-corrected chi connectivity index (χ4v) is 3.26. The summed E-state index contributed by atoms with van der Waals surface area (Å²) in [7, 11) is 0. The molecule has 2 aromatic heterocycles. The van der Waals surface area contributed by atoms with Gasteiger partial charge in [0, 0.05) is 36.9 Å². The second-order valence-corrected chi connectivity index (χ2v) is 6.36. The zero-order valence-electron chi connectivity index (χ0n) is 13.6. The van der Waals surface area contributed by atoms with Gasteiger partial charge in [-0.2, -0.15) is 0 Å². The second-order valence-electron chi connectivity index (χ2n) is 6.36. The van der Waals surface area contributed by atoms with Crippen LogP contribution in [0, 0.1) is 12.8 Å². The molecule has 0 bridgehead atoms. The van der Waals surface area contributed by atoms with Gasteiger partial charge in [-0.1, -0.05) is 12.1 Å². The summed E-state index contributed by atoms with van der Waals surface area (Å²) in [5.41, 5.74) is 3.18. The van der Waals surface area contributed by atoms with E-state index in [-0.39, 0.29) is 5.91 Å². The molecule has 1 saturated heterocycles. The summed E-state index contributed by atoms with van der Waals surface area (Å²) in [6.45, 7) is 3.74. The van der Waals surface area contributed by atoms with Gasteiger partial charge >= 0.3 is 0 Å². The molecule has 0 N–H and O–H groups in total. The number of aryl methyl sites for hydroxylation is 1. The monoisotopic (exact) mass is 309 g/mol. The molecule has 3 rings (SSSR count). The highest BCUT2D eigenvalue weighted by Crippen LogP contribution is 2.21. The summed E-state index contributed by atoms with van der Waals surface area (Å²) >= 11 is 0. The Morgan fingerprint density at radius 3 is 3.00 bits per heavy atom. The molecule has 120 valence electrons. The number of amides is 1. The Kier molecular flexibility index (Phi) is 5.01. The molecular weight excluding hydrogens is 286 g/mol. The Morgan fingerprint density at radius 1 is 1.30 bits per heavy atom. The number of hydrogen-bond donors (Lipinski definition) is 0. The van der Waals surface area contributed by atoms with Crippen LogP contribution in [0.2, 0.25) is 0 Å². The lowest BCUT2D eigenvalue weighted by molar-refractivity contribution is -0.132.